The Morgan fingerprint density at radius 1 is 1.50 bits per heavy atom. The summed E-state index contributed by atoms with van der Waals surface area (Å²) in [7, 11) is 0. The third-order valence-electron chi connectivity index (χ3n) is 1.15. The van der Waals surface area contributed by atoms with Crippen molar-refractivity contribution in [2.45, 2.75) is 12.7 Å². The molecule has 0 amide bonds. The zero-order valence-corrected chi connectivity index (χ0v) is 7.36. The highest BCUT2D eigenvalue weighted by Gasteiger charge is 2.12. The van der Waals surface area contributed by atoms with Crippen LogP contribution in [0.1, 0.15) is 27.8 Å². The molecule has 1 aliphatic heterocycles. The third kappa shape index (κ3) is 1.61. The number of hydrogen-bond donors (Lipinski definition) is 0. The molecular weight excluding hydrogens is 216 g/mol. The summed E-state index contributed by atoms with van der Waals surface area (Å²) in [5.74, 6) is -0.752. The Morgan fingerprint density at radius 3 is 3.00 bits per heavy atom. The standard InChI is InChI=1S/C9H11BrN2/c10-8-4-3-5-9(11-8)12-6-1-2-7-12/h3-5H,1-2,6-7H2/i1D2,2D2,3D,4D,5D,6D2,7D2. The molecule has 0 bridgehead atoms. The lowest BCUT2D eigenvalue weighted by atomic mass is 10.4. The summed E-state index contributed by atoms with van der Waals surface area (Å²) in [4.78, 5) is 3.77. The fourth-order valence-corrected chi connectivity index (χ4v) is 0.962. The maximum atomic E-state index is 7.88. The highest BCUT2D eigenvalue weighted by molar-refractivity contribution is 9.10. The van der Waals surface area contributed by atoms with E-state index in [9.17, 15) is 0 Å². The minimum absolute atomic E-state index is 0.102. The van der Waals surface area contributed by atoms with Gasteiger partial charge in [-0.1, -0.05) is 6.04 Å². The SMILES string of the molecule is [2H]c1c(Br)nc(N2C([2H])([2H])C([2H])([2H])C([2H])([2H])C2([2H])[2H])c([2H])c1[2H]. The first-order valence-corrected chi connectivity index (χ1v) is 3.85. The minimum atomic E-state index is -3.26. The van der Waals surface area contributed by atoms with Crippen LogP contribution in [0.15, 0.2) is 22.7 Å². The van der Waals surface area contributed by atoms with E-state index in [0.717, 1.165) is 0 Å². The van der Waals surface area contributed by atoms with Gasteiger partial charge in [0.15, 0.2) is 0 Å². The minimum Gasteiger partial charge on any atom is -0.357 e. The topological polar surface area (TPSA) is 16.1 Å². The van der Waals surface area contributed by atoms with Gasteiger partial charge in [-0.3, -0.25) is 0 Å². The van der Waals surface area contributed by atoms with Gasteiger partial charge in [0.1, 0.15) is 10.4 Å². The van der Waals surface area contributed by atoms with E-state index in [1.165, 1.54) is 0 Å². The summed E-state index contributed by atoms with van der Waals surface area (Å²) in [5.41, 5.74) is 0. The molecule has 12 heavy (non-hydrogen) atoms. The van der Waals surface area contributed by atoms with E-state index in [0.29, 0.717) is 0 Å². The predicted octanol–water partition coefficient (Wildman–Crippen LogP) is 2.44. The summed E-state index contributed by atoms with van der Waals surface area (Å²) in [6.45, 7) is -6.36. The molecule has 0 radical (unpaired) electrons. The molecule has 2 rings (SSSR count). The van der Waals surface area contributed by atoms with E-state index in [1.54, 1.807) is 0 Å². The average Bonchev–Trinajstić information content (AvgIpc) is 2.47. The smallest absolute Gasteiger partial charge is 0.129 e. The van der Waals surface area contributed by atoms with Crippen LogP contribution < -0.4 is 4.90 Å². The Kier molecular flexibility index (Phi) is 0.649. The summed E-state index contributed by atoms with van der Waals surface area (Å²) >= 11 is 2.85. The van der Waals surface area contributed by atoms with Gasteiger partial charge in [-0.25, -0.2) is 4.98 Å². The zero-order chi connectivity index (χ0) is 18.2. The summed E-state index contributed by atoms with van der Waals surface area (Å²) in [5, 5.41) is 0. The number of halogens is 1. The van der Waals surface area contributed by atoms with Crippen LogP contribution in [0.25, 0.3) is 0 Å². The molecule has 1 aliphatic rings. The summed E-state index contributed by atoms with van der Waals surface area (Å²) in [6.07, 6.45) is -6.52. The molecule has 0 N–H and O–H groups in total. The van der Waals surface area contributed by atoms with E-state index in [2.05, 4.69) is 20.9 Å². The van der Waals surface area contributed by atoms with Gasteiger partial charge < -0.3 is 4.90 Å². The van der Waals surface area contributed by atoms with Crippen LogP contribution in [0, 0.1) is 0 Å². The fourth-order valence-electron chi connectivity index (χ4n) is 0.695. The quantitative estimate of drug-likeness (QED) is 0.698. The molecule has 1 saturated heterocycles. The van der Waals surface area contributed by atoms with Crippen LogP contribution in [0.2, 0.25) is 0 Å². The first-order chi connectivity index (χ1) is 10.1. The monoisotopic (exact) mass is 237 g/mol. The van der Waals surface area contributed by atoms with E-state index in [4.69, 9.17) is 15.1 Å². The molecular formula is C9H11BrN2. The second kappa shape index (κ2) is 3.44. The molecule has 1 aromatic heterocycles. The van der Waals surface area contributed by atoms with E-state index in [-0.39, 0.29) is 9.50 Å². The van der Waals surface area contributed by atoms with Crippen molar-refractivity contribution in [3.8, 4) is 0 Å². The molecule has 3 heteroatoms. The maximum absolute atomic E-state index is 7.88. The highest BCUT2D eigenvalue weighted by Crippen LogP contribution is 2.19. The number of hydrogen-bond acceptors (Lipinski definition) is 2. The molecule has 0 aromatic carbocycles. The van der Waals surface area contributed by atoms with Gasteiger partial charge in [-0.05, 0) is 40.8 Å². The molecule has 0 spiro atoms. The number of anilines is 1. The predicted molar refractivity (Wildman–Crippen MR) is 53.4 cm³/mol. The lowest BCUT2D eigenvalue weighted by Gasteiger charge is -2.15. The second-order valence-corrected chi connectivity index (χ2v) is 2.66. The van der Waals surface area contributed by atoms with Crippen molar-refractivity contribution in [1.29, 1.82) is 0 Å². The van der Waals surface area contributed by atoms with E-state index >= 15 is 0 Å². The molecule has 2 heterocycles. The molecule has 2 nitrogen and oxygen atoms in total. The third-order valence-corrected chi connectivity index (χ3v) is 1.53. The summed E-state index contributed by atoms with van der Waals surface area (Å²) < 4.78 is 85.0. The number of aromatic nitrogens is 1. The number of rotatable bonds is 1. The second-order valence-electron chi connectivity index (χ2n) is 1.91. The number of nitrogens with zero attached hydrogens (tertiary/aromatic N) is 2. The van der Waals surface area contributed by atoms with Crippen molar-refractivity contribution >= 4 is 21.7 Å². The number of pyridine rings is 1. The molecule has 0 atom stereocenters. The first-order valence-electron chi connectivity index (χ1n) is 8.56. The van der Waals surface area contributed by atoms with Crippen molar-refractivity contribution in [3.63, 3.8) is 0 Å². The molecule has 0 aliphatic carbocycles. The van der Waals surface area contributed by atoms with Crippen molar-refractivity contribution in [2.75, 3.05) is 17.9 Å². The average molecular weight is 238 g/mol. The van der Waals surface area contributed by atoms with Gasteiger partial charge in [0, 0.05) is 24.0 Å². The van der Waals surface area contributed by atoms with Crippen LogP contribution in [0.3, 0.4) is 0 Å². The van der Waals surface area contributed by atoms with Crippen LogP contribution in [-0.4, -0.2) is 18.0 Å². The molecule has 64 valence electrons. The van der Waals surface area contributed by atoms with Crippen molar-refractivity contribution in [2.24, 2.45) is 0 Å². The van der Waals surface area contributed by atoms with Gasteiger partial charge in [0.2, 0.25) is 0 Å². The largest absolute Gasteiger partial charge is 0.357 e. The van der Waals surface area contributed by atoms with Crippen molar-refractivity contribution in [1.82, 2.24) is 4.98 Å². The van der Waals surface area contributed by atoms with Gasteiger partial charge in [-0.15, -0.1) is 0 Å². The summed E-state index contributed by atoms with van der Waals surface area (Å²) in [6, 6.07) is -1.92. The fraction of sp³-hybridized carbons (Fsp3) is 0.444. The van der Waals surface area contributed by atoms with E-state index < -0.39 is 49.7 Å². The Hall–Kier alpha value is -0.570. The normalized spacial score (nSPS) is 47.1. The first kappa shape index (κ1) is 2.27. The van der Waals surface area contributed by atoms with Crippen LogP contribution in [-0.2, 0) is 0 Å². The molecule has 0 saturated carbocycles. The lowest BCUT2D eigenvalue weighted by Crippen LogP contribution is -2.18. The van der Waals surface area contributed by atoms with Crippen LogP contribution in [0.5, 0.6) is 0 Å². The van der Waals surface area contributed by atoms with E-state index in [1.807, 2.05) is 0 Å². The molecule has 1 fully saturated rings. The van der Waals surface area contributed by atoms with Crippen LogP contribution in [0.4, 0.5) is 5.82 Å². The zero-order valence-electron chi connectivity index (χ0n) is 16.8. The molecule has 1 aromatic rings. The van der Waals surface area contributed by atoms with Gasteiger partial charge in [-0.2, -0.15) is 0 Å². The maximum Gasteiger partial charge on any atom is 0.129 e. The van der Waals surface area contributed by atoms with Crippen molar-refractivity contribution in [3.05, 3.63) is 22.7 Å². The van der Waals surface area contributed by atoms with Gasteiger partial charge in [0.25, 0.3) is 0 Å². The van der Waals surface area contributed by atoms with Gasteiger partial charge >= 0.3 is 0 Å². The van der Waals surface area contributed by atoms with Crippen molar-refractivity contribution < 1.29 is 15.1 Å². The van der Waals surface area contributed by atoms with Gasteiger partial charge in [0.05, 0.1) is 4.11 Å². The Labute approximate surface area is 96.2 Å². The molecule has 0 unspecified atom stereocenters. The lowest BCUT2D eigenvalue weighted by molar-refractivity contribution is 0.933. The van der Waals surface area contributed by atoms with Crippen LogP contribution >= 0.6 is 15.9 Å². The Bertz CT molecular complexity index is 648. The Morgan fingerprint density at radius 2 is 2.25 bits per heavy atom. The Balaban J connectivity index is 2.83. The highest BCUT2D eigenvalue weighted by atomic mass is 79.9.